The van der Waals surface area contributed by atoms with Crippen molar-refractivity contribution in [2.45, 2.75) is 44.9 Å². The normalized spacial score (nSPS) is 22.3. The topological polar surface area (TPSA) is 34.4 Å². The Morgan fingerprint density at radius 2 is 1.80 bits per heavy atom. The van der Waals surface area contributed by atoms with Gasteiger partial charge in [0, 0.05) is 19.6 Å². The molecule has 15 heavy (non-hydrogen) atoms. The molecule has 85 valence electrons. The van der Waals surface area contributed by atoms with Crippen LogP contribution in [0.3, 0.4) is 0 Å². The van der Waals surface area contributed by atoms with E-state index in [4.69, 9.17) is 0 Å². The lowest BCUT2D eigenvalue weighted by molar-refractivity contribution is 0.198. The predicted molar refractivity (Wildman–Crippen MR) is 59.8 cm³/mol. The summed E-state index contributed by atoms with van der Waals surface area (Å²) in [7, 11) is 0. The fourth-order valence-electron chi connectivity index (χ4n) is 2.11. The van der Waals surface area contributed by atoms with Gasteiger partial charge in [0.2, 0.25) is 0 Å². The first-order valence-corrected chi connectivity index (χ1v) is 6.32. The lowest BCUT2D eigenvalue weighted by atomic mass is 10.2. The van der Waals surface area contributed by atoms with Crippen molar-refractivity contribution in [2.24, 2.45) is 5.92 Å². The molecular formula is C12H21N2O. The van der Waals surface area contributed by atoms with Crippen LogP contribution in [0.1, 0.15) is 44.9 Å². The van der Waals surface area contributed by atoms with Crippen LogP contribution in [0.5, 0.6) is 0 Å². The van der Waals surface area contributed by atoms with Crippen LogP contribution in [-0.2, 0) is 0 Å². The average molecular weight is 209 g/mol. The first-order chi connectivity index (χ1) is 7.36. The first-order valence-electron chi connectivity index (χ1n) is 6.32. The van der Waals surface area contributed by atoms with E-state index < -0.39 is 0 Å². The van der Waals surface area contributed by atoms with Gasteiger partial charge in [-0.2, -0.15) is 0 Å². The average Bonchev–Trinajstić information content (AvgIpc) is 3.04. The molecule has 2 fully saturated rings. The van der Waals surface area contributed by atoms with E-state index in [0.717, 1.165) is 44.8 Å². The molecule has 1 aliphatic heterocycles. The summed E-state index contributed by atoms with van der Waals surface area (Å²) >= 11 is 0. The first kappa shape index (κ1) is 10.8. The number of likely N-dealkylation sites (tertiary alicyclic amines) is 1. The molecule has 3 nitrogen and oxygen atoms in total. The van der Waals surface area contributed by atoms with Gasteiger partial charge in [0.1, 0.15) is 0 Å². The number of hydrogen-bond donors (Lipinski definition) is 0. The van der Waals surface area contributed by atoms with E-state index >= 15 is 0 Å². The molecule has 3 heteroatoms. The molecule has 0 aromatic carbocycles. The summed E-state index contributed by atoms with van der Waals surface area (Å²) in [6.45, 7) is 2.59. The van der Waals surface area contributed by atoms with Gasteiger partial charge < -0.3 is 4.90 Å². The third-order valence-electron chi connectivity index (χ3n) is 3.36. The van der Waals surface area contributed by atoms with E-state index in [-0.39, 0.29) is 6.03 Å². The summed E-state index contributed by atoms with van der Waals surface area (Å²) in [5.74, 6) is 0.880. The fraction of sp³-hybridized carbons (Fsp3) is 0.917. The zero-order chi connectivity index (χ0) is 10.5. The van der Waals surface area contributed by atoms with Crippen molar-refractivity contribution in [2.75, 3.05) is 19.6 Å². The highest BCUT2D eigenvalue weighted by Crippen LogP contribution is 2.31. The van der Waals surface area contributed by atoms with Gasteiger partial charge in [0.25, 0.3) is 0 Å². The zero-order valence-corrected chi connectivity index (χ0v) is 9.45. The number of urea groups is 1. The molecule has 1 heterocycles. The minimum Gasteiger partial charge on any atom is -0.323 e. The van der Waals surface area contributed by atoms with Gasteiger partial charge in [-0.05, 0) is 25.2 Å². The van der Waals surface area contributed by atoms with Crippen molar-refractivity contribution < 1.29 is 4.79 Å². The number of hydrogen-bond acceptors (Lipinski definition) is 1. The summed E-state index contributed by atoms with van der Waals surface area (Å²) in [5.41, 5.74) is 0. The molecule has 0 aromatic heterocycles. The monoisotopic (exact) mass is 209 g/mol. The maximum atomic E-state index is 11.7. The number of amides is 2. The highest BCUT2D eigenvalue weighted by molar-refractivity contribution is 5.73. The van der Waals surface area contributed by atoms with Crippen molar-refractivity contribution in [3.8, 4) is 0 Å². The van der Waals surface area contributed by atoms with Crippen molar-refractivity contribution in [1.82, 2.24) is 10.2 Å². The molecular weight excluding hydrogens is 188 g/mol. The molecule has 2 amide bonds. The van der Waals surface area contributed by atoms with Crippen LogP contribution in [-0.4, -0.2) is 30.6 Å². The van der Waals surface area contributed by atoms with Gasteiger partial charge in [0.05, 0.1) is 0 Å². The molecule has 1 saturated heterocycles. The van der Waals surface area contributed by atoms with Gasteiger partial charge in [-0.1, -0.05) is 25.7 Å². The number of nitrogens with zero attached hydrogens (tertiary/aromatic N) is 2. The van der Waals surface area contributed by atoms with Crippen molar-refractivity contribution in [3.63, 3.8) is 0 Å². The SMILES string of the molecule is O=C([N]CCC1CC1)N1CCCCCC1. The Morgan fingerprint density at radius 1 is 1.13 bits per heavy atom. The van der Waals surface area contributed by atoms with Crippen LogP contribution in [0.15, 0.2) is 0 Å². The molecule has 0 spiro atoms. The summed E-state index contributed by atoms with van der Waals surface area (Å²) in [6, 6.07) is 0.0394. The van der Waals surface area contributed by atoms with E-state index in [0.29, 0.717) is 0 Å². The number of rotatable bonds is 3. The minimum atomic E-state index is 0.0394. The Hall–Kier alpha value is -0.730. The lowest BCUT2D eigenvalue weighted by Gasteiger charge is -2.19. The van der Waals surface area contributed by atoms with Gasteiger partial charge in [0.15, 0.2) is 0 Å². The summed E-state index contributed by atoms with van der Waals surface area (Å²) < 4.78 is 0. The smallest absolute Gasteiger partial charge is 0.323 e. The third kappa shape index (κ3) is 3.73. The highest BCUT2D eigenvalue weighted by atomic mass is 16.2. The molecule has 1 radical (unpaired) electrons. The van der Waals surface area contributed by atoms with Gasteiger partial charge in [-0.25, -0.2) is 10.1 Å². The van der Waals surface area contributed by atoms with Crippen molar-refractivity contribution >= 4 is 6.03 Å². The van der Waals surface area contributed by atoms with Gasteiger partial charge >= 0.3 is 6.03 Å². The van der Waals surface area contributed by atoms with Crippen molar-refractivity contribution in [3.05, 3.63) is 0 Å². The van der Waals surface area contributed by atoms with Crippen LogP contribution in [0, 0.1) is 5.92 Å². The zero-order valence-electron chi connectivity index (χ0n) is 9.45. The lowest BCUT2D eigenvalue weighted by Crippen LogP contribution is -2.37. The fourth-order valence-corrected chi connectivity index (χ4v) is 2.11. The Labute approximate surface area is 92.2 Å². The van der Waals surface area contributed by atoms with Crippen LogP contribution >= 0.6 is 0 Å². The second kappa shape index (κ2) is 5.38. The Bertz CT molecular complexity index is 206. The summed E-state index contributed by atoms with van der Waals surface area (Å²) in [5, 5.41) is 4.16. The maximum absolute atomic E-state index is 11.7. The van der Waals surface area contributed by atoms with Crippen LogP contribution in [0.2, 0.25) is 0 Å². The Morgan fingerprint density at radius 3 is 2.40 bits per heavy atom. The Balaban J connectivity index is 1.63. The molecule has 2 rings (SSSR count). The molecule has 1 aliphatic carbocycles. The molecule has 0 bridgehead atoms. The second-order valence-electron chi connectivity index (χ2n) is 4.80. The summed E-state index contributed by atoms with van der Waals surface area (Å²) in [6.07, 6.45) is 8.69. The van der Waals surface area contributed by atoms with E-state index in [9.17, 15) is 4.79 Å². The predicted octanol–water partition coefficient (Wildman–Crippen LogP) is 2.39. The molecule has 0 unspecified atom stereocenters. The van der Waals surface area contributed by atoms with Crippen LogP contribution in [0.25, 0.3) is 0 Å². The minimum absolute atomic E-state index is 0.0394. The number of carbonyl (C=O) groups is 1. The largest absolute Gasteiger partial charge is 0.338 e. The molecule has 2 aliphatic rings. The second-order valence-corrected chi connectivity index (χ2v) is 4.80. The van der Waals surface area contributed by atoms with E-state index in [2.05, 4.69) is 5.32 Å². The standard InChI is InChI=1S/C12H21N2O/c15-12(13-8-7-11-5-6-11)14-9-3-1-2-4-10-14/h11H,1-10H2. The third-order valence-corrected chi connectivity index (χ3v) is 3.36. The molecule has 1 saturated carbocycles. The Kier molecular flexibility index (Phi) is 3.87. The highest BCUT2D eigenvalue weighted by Gasteiger charge is 2.22. The van der Waals surface area contributed by atoms with Gasteiger partial charge in [-0.3, -0.25) is 0 Å². The van der Waals surface area contributed by atoms with E-state index in [1.807, 2.05) is 4.90 Å². The maximum Gasteiger partial charge on any atom is 0.338 e. The number of carbonyl (C=O) groups excluding carboxylic acids is 1. The van der Waals surface area contributed by atoms with Crippen LogP contribution in [0.4, 0.5) is 4.79 Å². The molecule has 0 atom stereocenters. The van der Waals surface area contributed by atoms with Crippen molar-refractivity contribution in [1.29, 1.82) is 0 Å². The van der Waals surface area contributed by atoms with Crippen LogP contribution < -0.4 is 5.32 Å². The quantitative estimate of drug-likeness (QED) is 0.702. The van der Waals surface area contributed by atoms with E-state index in [1.165, 1.54) is 25.7 Å². The molecule has 0 aromatic rings. The molecule has 0 N–H and O–H groups in total. The van der Waals surface area contributed by atoms with Gasteiger partial charge in [-0.15, -0.1) is 0 Å². The van der Waals surface area contributed by atoms with E-state index in [1.54, 1.807) is 0 Å². The summed E-state index contributed by atoms with van der Waals surface area (Å²) in [4.78, 5) is 13.6.